The topological polar surface area (TPSA) is 108 Å². The number of nitrogens with zero attached hydrogens (tertiary/aromatic N) is 1. The molecule has 0 aromatic heterocycles. The third-order valence-electron chi connectivity index (χ3n) is 5.85. The molecule has 30 heavy (non-hydrogen) atoms. The van der Waals surface area contributed by atoms with Crippen molar-refractivity contribution in [3.05, 3.63) is 58.7 Å². The average Bonchev–Trinajstić information content (AvgIpc) is 3.30. The highest BCUT2D eigenvalue weighted by molar-refractivity contribution is 6.24. The molecule has 8 heteroatoms. The lowest BCUT2D eigenvalue weighted by Gasteiger charge is -2.27. The zero-order valence-electron chi connectivity index (χ0n) is 16.2. The fraction of sp³-hybridized carbons (Fsp3) is 0.273. The van der Waals surface area contributed by atoms with Gasteiger partial charge in [0.1, 0.15) is 6.04 Å². The van der Waals surface area contributed by atoms with Crippen molar-refractivity contribution in [1.82, 2.24) is 10.2 Å². The number of rotatable bonds is 4. The van der Waals surface area contributed by atoms with Gasteiger partial charge in [-0.25, -0.2) is 0 Å². The summed E-state index contributed by atoms with van der Waals surface area (Å²) in [7, 11) is 0. The van der Waals surface area contributed by atoms with Crippen LogP contribution in [0.25, 0.3) is 0 Å². The highest BCUT2D eigenvalue weighted by Crippen LogP contribution is 2.31. The molecule has 0 aliphatic carbocycles. The molecule has 1 atom stereocenters. The third kappa shape index (κ3) is 2.92. The Morgan fingerprint density at radius 2 is 1.90 bits per heavy atom. The van der Waals surface area contributed by atoms with Gasteiger partial charge in [0.05, 0.1) is 11.1 Å². The quantitative estimate of drug-likeness (QED) is 0.669. The first-order valence-corrected chi connectivity index (χ1v) is 9.97. The second-order valence-corrected chi connectivity index (χ2v) is 7.69. The van der Waals surface area contributed by atoms with E-state index in [0.717, 1.165) is 29.2 Å². The Morgan fingerprint density at radius 3 is 2.73 bits per heavy atom. The molecule has 1 fully saturated rings. The Hall–Kier alpha value is -3.68. The van der Waals surface area contributed by atoms with Gasteiger partial charge in [0.15, 0.2) is 0 Å². The highest BCUT2D eigenvalue weighted by Gasteiger charge is 2.45. The number of carbonyl (C=O) groups is 4. The number of nitrogens with one attached hydrogen (secondary N) is 3. The molecule has 0 saturated carbocycles. The Balaban J connectivity index is 1.39. The van der Waals surface area contributed by atoms with Gasteiger partial charge in [-0.15, -0.1) is 0 Å². The number of benzene rings is 2. The molecule has 1 saturated heterocycles. The van der Waals surface area contributed by atoms with Crippen molar-refractivity contribution in [1.29, 1.82) is 0 Å². The van der Waals surface area contributed by atoms with E-state index in [4.69, 9.17) is 0 Å². The summed E-state index contributed by atoms with van der Waals surface area (Å²) in [6, 6.07) is 10.3. The number of piperidine rings is 1. The summed E-state index contributed by atoms with van der Waals surface area (Å²) in [5, 5.41) is 8.86. The van der Waals surface area contributed by atoms with Gasteiger partial charge in [-0.1, -0.05) is 12.1 Å². The van der Waals surface area contributed by atoms with E-state index in [0.29, 0.717) is 23.2 Å². The molecule has 3 aliphatic rings. The number of hydrogen-bond donors (Lipinski definition) is 3. The minimum absolute atomic E-state index is 0.103. The normalized spacial score (nSPS) is 20.0. The first kappa shape index (κ1) is 18.4. The van der Waals surface area contributed by atoms with Gasteiger partial charge in [0.25, 0.3) is 11.8 Å². The van der Waals surface area contributed by atoms with Crippen LogP contribution in [0.1, 0.15) is 44.7 Å². The summed E-state index contributed by atoms with van der Waals surface area (Å²) in [6.45, 7) is 1.30. The molecule has 3 aliphatic heterocycles. The number of imide groups is 2. The first-order chi connectivity index (χ1) is 14.5. The molecule has 3 N–H and O–H groups in total. The predicted octanol–water partition coefficient (Wildman–Crippen LogP) is 1.67. The van der Waals surface area contributed by atoms with Gasteiger partial charge >= 0.3 is 0 Å². The van der Waals surface area contributed by atoms with Crippen LogP contribution in [0.15, 0.2) is 36.4 Å². The predicted molar refractivity (Wildman–Crippen MR) is 109 cm³/mol. The van der Waals surface area contributed by atoms with Gasteiger partial charge in [0.2, 0.25) is 11.8 Å². The van der Waals surface area contributed by atoms with Crippen molar-refractivity contribution in [2.45, 2.75) is 31.8 Å². The maximum absolute atomic E-state index is 13.1. The number of hydrogen-bond acceptors (Lipinski definition) is 6. The van der Waals surface area contributed by atoms with E-state index in [2.05, 4.69) is 22.0 Å². The minimum atomic E-state index is -0.958. The summed E-state index contributed by atoms with van der Waals surface area (Å²) < 4.78 is 0. The van der Waals surface area contributed by atoms with Crippen molar-refractivity contribution in [2.24, 2.45) is 0 Å². The molecule has 0 bridgehead atoms. The zero-order valence-corrected chi connectivity index (χ0v) is 16.2. The standard InChI is InChI=1S/C22H20N4O4/c27-18-7-6-17(20(28)25-18)26-21(29)15-3-1-2-13(19(15)22(26)30)11-24-14-4-5-16-12(10-14)8-9-23-16/h1-5,10,17,23-24H,6-9,11H2,(H,25,27,28). The van der Waals surface area contributed by atoms with E-state index in [-0.39, 0.29) is 18.7 Å². The Bertz CT molecular complexity index is 1110. The highest BCUT2D eigenvalue weighted by atomic mass is 16.2. The van der Waals surface area contributed by atoms with E-state index in [1.807, 2.05) is 12.1 Å². The fourth-order valence-electron chi connectivity index (χ4n) is 4.34. The largest absolute Gasteiger partial charge is 0.384 e. The van der Waals surface area contributed by atoms with Crippen LogP contribution in [-0.4, -0.2) is 41.1 Å². The van der Waals surface area contributed by atoms with Crippen molar-refractivity contribution in [3.63, 3.8) is 0 Å². The molecule has 8 nitrogen and oxygen atoms in total. The van der Waals surface area contributed by atoms with Gasteiger partial charge in [-0.2, -0.15) is 0 Å². The molecule has 152 valence electrons. The maximum Gasteiger partial charge on any atom is 0.262 e. The van der Waals surface area contributed by atoms with Crippen LogP contribution in [0, 0.1) is 0 Å². The summed E-state index contributed by atoms with van der Waals surface area (Å²) in [6.07, 6.45) is 1.22. The smallest absolute Gasteiger partial charge is 0.262 e. The van der Waals surface area contributed by atoms with E-state index >= 15 is 0 Å². The molecule has 2 aromatic rings. The van der Waals surface area contributed by atoms with Crippen LogP contribution in [-0.2, 0) is 22.6 Å². The molecule has 3 heterocycles. The second-order valence-electron chi connectivity index (χ2n) is 7.69. The second kappa shape index (κ2) is 6.98. The van der Waals surface area contributed by atoms with E-state index in [9.17, 15) is 19.2 Å². The van der Waals surface area contributed by atoms with E-state index in [1.54, 1.807) is 18.2 Å². The molecular formula is C22H20N4O4. The zero-order chi connectivity index (χ0) is 20.8. The third-order valence-corrected chi connectivity index (χ3v) is 5.85. The molecule has 5 rings (SSSR count). The summed E-state index contributed by atoms with van der Waals surface area (Å²) >= 11 is 0. The van der Waals surface area contributed by atoms with Crippen LogP contribution in [0.2, 0.25) is 0 Å². The molecule has 0 spiro atoms. The van der Waals surface area contributed by atoms with Crippen LogP contribution in [0.4, 0.5) is 11.4 Å². The van der Waals surface area contributed by atoms with Gasteiger partial charge < -0.3 is 10.6 Å². The average molecular weight is 404 g/mol. The molecular weight excluding hydrogens is 384 g/mol. The molecule has 4 amide bonds. The van der Waals surface area contributed by atoms with E-state index < -0.39 is 23.8 Å². The van der Waals surface area contributed by atoms with Crippen molar-refractivity contribution in [3.8, 4) is 0 Å². The van der Waals surface area contributed by atoms with Gasteiger partial charge in [-0.3, -0.25) is 29.4 Å². The van der Waals surface area contributed by atoms with Gasteiger partial charge in [0, 0.05) is 30.9 Å². The molecule has 0 radical (unpaired) electrons. The summed E-state index contributed by atoms with van der Waals surface area (Å²) in [5.41, 5.74) is 4.63. The van der Waals surface area contributed by atoms with E-state index in [1.165, 1.54) is 5.56 Å². The van der Waals surface area contributed by atoms with Crippen LogP contribution < -0.4 is 16.0 Å². The number of amides is 4. The Kier molecular flexibility index (Phi) is 4.27. The van der Waals surface area contributed by atoms with Gasteiger partial charge in [-0.05, 0) is 48.2 Å². The molecule has 2 aromatic carbocycles. The van der Waals surface area contributed by atoms with Crippen LogP contribution >= 0.6 is 0 Å². The SMILES string of the molecule is O=C1CCC(N2C(=O)c3cccc(CNc4ccc5c(c4)CCN5)c3C2=O)C(=O)N1. The maximum atomic E-state index is 13.1. The lowest BCUT2D eigenvalue weighted by molar-refractivity contribution is -0.136. The number of fused-ring (bicyclic) bond motifs is 2. The monoisotopic (exact) mass is 404 g/mol. The van der Waals surface area contributed by atoms with Crippen LogP contribution in [0.3, 0.4) is 0 Å². The van der Waals surface area contributed by atoms with Crippen molar-refractivity contribution in [2.75, 3.05) is 17.2 Å². The summed E-state index contributed by atoms with van der Waals surface area (Å²) in [4.78, 5) is 50.7. The number of carbonyl (C=O) groups excluding carboxylic acids is 4. The lowest BCUT2D eigenvalue weighted by Crippen LogP contribution is -2.54. The fourth-order valence-corrected chi connectivity index (χ4v) is 4.34. The Labute approximate surface area is 172 Å². The molecule has 1 unspecified atom stereocenters. The summed E-state index contributed by atoms with van der Waals surface area (Å²) in [5.74, 6) is -1.97. The van der Waals surface area contributed by atoms with Crippen molar-refractivity contribution < 1.29 is 19.2 Å². The first-order valence-electron chi connectivity index (χ1n) is 9.97. The van der Waals surface area contributed by atoms with Crippen molar-refractivity contribution >= 4 is 35.0 Å². The lowest BCUT2D eigenvalue weighted by atomic mass is 10.0. The minimum Gasteiger partial charge on any atom is -0.384 e. The van der Waals surface area contributed by atoms with Crippen LogP contribution in [0.5, 0.6) is 0 Å². The Morgan fingerprint density at radius 1 is 1.03 bits per heavy atom. The number of anilines is 2.